The lowest BCUT2D eigenvalue weighted by Gasteiger charge is -2.20. The quantitative estimate of drug-likeness (QED) is 0.805. The van der Waals surface area contributed by atoms with Gasteiger partial charge < -0.3 is 10.1 Å². The van der Waals surface area contributed by atoms with E-state index in [4.69, 9.17) is 4.74 Å². The molecule has 6 nitrogen and oxygen atoms in total. The van der Waals surface area contributed by atoms with Crippen molar-refractivity contribution in [2.75, 3.05) is 20.2 Å². The van der Waals surface area contributed by atoms with Crippen LogP contribution in [0.1, 0.15) is 41.6 Å². The van der Waals surface area contributed by atoms with Gasteiger partial charge in [-0.15, -0.1) is 0 Å². The Bertz CT molecular complexity index is 920. The lowest BCUT2D eigenvalue weighted by atomic mass is 10.2. The number of benzene rings is 2. The van der Waals surface area contributed by atoms with E-state index < -0.39 is 10.0 Å². The molecule has 7 heteroatoms. The first kappa shape index (κ1) is 20.4. The molecule has 0 aromatic heterocycles. The van der Waals surface area contributed by atoms with Crippen molar-refractivity contribution in [2.45, 2.75) is 37.1 Å². The number of ether oxygens (including phenoxy) is 1. The van der Waals surface area contributed by atoms with Crippen LogP contribution < -0.4 is 10.1 Å². The maximum absolute atomic E-state index is 12.9. The Balaban J connectivity index is 1.72. The highest BCUT2D eigenvalue weighted by atomic mass is 32.2. The van der Waals surface area contributed by atoms with Crippen LogP contribution in [0.3, 0.4) is 0 Å². The van der Waals surface area contributed by atoms with Crippen molar-refractivity contribution in [3.63, 3.8) is 0 Å². The number of sulfonamides is 1. The van der Waals surface area contributed by atoms with Crippen molar-refractivity contribution >= 4 is 15.9 Å². The van der Waals surface area contributed by atoms with E-state index in [0.29, 0.717) is 25.2 Å². The molecule has 0 aliphatic carbocycles. The molecule has 1 heterocycles. The summed E-state index contributed by atoms with van der Waals surface area (Å²) >= 11 is 0. The third-order valence-corrected chi connectivity index (χ3v) is 6.78. The number of hydrogen-bond acceptors (Lipinski definition) is 4. The van der Waals surface area contributed by atoms with Gasteiger partial charge in [0.25, 0.3) is 5.91 Å². The average molecular weight is 403 g/mol. The van der Waals surface area contributed by atoms with Gasteiger partial charge in [-0.1, -0.05) is 31.0 Å². The molecule has 3 rings (SSSR count). The summed E-state index contributed by atoms with van der Waals surface area (Å²) in [6, 6.07) is 13.7. The van der Waals surface area contributed by atoms with E-state index in [2.05, 4.69) is 5.32 Å². The Labute approximate surface area is 166 Å². The fourth-order valence-electron chi connectivity index (χ4n) is 3.30. The lowest BCUT2D eigenvalue weighted by Crippen LogP contribution is -2.32. The summed E-state index contributed by atoms with van der Waals surface area (Å²) in [7, 11) is -1.99. The van der Waals surface area contributed by atoms with Crippen molar-refractivity contribution in [3.8, 4) is 5.75 Å². The van der Waals surface area contributed by atoms with Gasteiger partial charge in [0.15, 0.2) is 0 Å². The van der Waals surface area contributed by atoms with Crippen LogP contribution in [0.2, 0.25) is 0 Å². The van der Waals surface area contributed by atoms with Crippen LogP contribution in [0.5, 0.6) is 5.75 Å². The van der Waals surface area contributed by atoms with E-state index in [1.54, 1.807) is 25.3 Å². The van der Waals surface area contributed by atoms with Gasteiger partial charge in [0.1, 0.15) is 5.75 Å². The van der Waals surface area contributed by atoms with Crippen molar-refractivity contribution in [2.24, 2.45) is 0 Å². The van der Waals surface area contributed by atoms with E-state index in [-0.39, 0.29) is 10.8 Å². The van der Waals surface area contributed by atoms with Crippen LogP contribution in [-0.2, 0) is 16.6 Å². The normalized spacial score (nSPS) is 15.6. The molecule has 28 heavy (non-hydrogen) atoms. The summed E-state index contributed by atoms with van der Waals surface area (Å²) in [4.78, 5) is 12.7. The summed E-state index contributed by atoms with van der Waals surface area (Å²) < 4.78 is 32.6. The van der Waals surface area contributed by atoms with Crippen LogP contribution in [-0.4, -0.2) is 38.8 Å². The number of carbonyl (C=O) groups excluding carboxylic acids is 1. The third-order valence-electron chi connectivity index (χ3n) is 4.89. The number of nitrogens with one attached hydrogen (secondary N) is 1. The highest BCUT2D eigenvalue weighted by molar-refractivity contribution is 7.89. The summed E-state index contributed by atoms with van der Waals surface area (Å²) in [5.74, 6) is 0.410. The fourth-order valence-corrected chi connectivity index (χ4v) is 4.86. The van der Waals surface area contributed by atoms with Gasteiger partial charge in [0.2, 0.25) is 10.0 Å². The Kier molecular flexibility index (Phi) is 6.70. The molecule has 1 aliphatic heterocycles. The fraction of sp³-hybridized carbons (Fsp3) is 0.381. The number of methoxy groups -OCH3 is 1. The van der Waals surface area contributed by atoms with Gasteiger partial charge in [0, 0.05) is 25.2 Å². The lowest BCUT2D eigenvalue weighted by molar-refractivity contribution is 0.0950. The smallest absolute Gasteiger partial charge is 0.251 e. The molecule has 1 saturated heterocycles. The van der Waals surface area contributed by atoms with Gasteiger partial charge >= 0.3 is 0 Å². The van der Waals surface area contributed by atoms with Crippen LogP contribution in [0.4, 0.5) is 0 Å². The van der Waals surface area contributed by atoms with Crippen LogP contribution in [0.25, 0.3) is 0 Å². The standard InChI is InChI=1S/C21H26N2O4S/c1-27-19-10-6-8-17(14-19)16-22-21(24)18-9-7-11-20(15-18)28(25,26)23-12-4-2-3-5-13-23/h6-11,14-15H,2-5,12-13,16H2,1H3,(H,22,24). The Morgan fingerprint density at radius 1 is 1.04 bits per heavy atom. The van der Waals surface area contributed by atoms with E-state index in [9.17, 15) is 13.2 Å². The van der Waals surface area contributed by atoms with E-state index in [1.165, 1.54) is 10.4 Å². The molecule has 2 aromatic rings. The molecule has 0 saturated carbocycles. The van der Waals surface area contributed by atoms with Crippen molar-refractivity contribution in [3.05, 3.63) is 59.7 Å². The van der Waals surface area contributed by atoms with Crippen LogP contribution >= 0.6 is 0 Å². The van der Waals surface area contributed by atoms with Gasteiger partial charge in [0.05, 0.1) is 12.0 Å². The zero-order valence-electron chi connectivity index (χ0n) is 16.1. The second kappa shape index (κ2) is 9.21. The Morgan fingerprint density at radius 3 is 2.46 bits per heavy atom. The molecule has 0 radical (unpaired) electrons. The molecular formula is C21H26N2O4S. The summed E-state index contributed by atoms with van der Waals surface area (Å²) in [6.45, 7) is 1.41. The largest absolute Gasteiger partial charge is 0.497 e. The molecule has 1 amide bonds. The minimum absolute atomic E-state index is 0.170. The predicted octanol–water partition coefficient (Wildman–Crippen LogP) is 3.19. The molecule has 150 valence electrons. The van der Waals surface area contributed by atoms with Gasteiger partial charge in [-0.2, -0.15) is 4.31 Å². The first-order chi connectivity index (χ1) is 13.5. The van der Waals surface area contributed by atoms with Crippen molar-refractivity contribution in [1.29, 1.82) is 0 Å². The minimum atomic E-state index is -3.58. The number of nitrogens with zero attached hydrogens (tertiary/aromatic N) is 1. The Morgan fingerprint density at radius 2 is 1.75 bits per heavy atom. The second-order valence-electron chi connectivity index (χ2n) is 6.88. The molecule has 0 spiro atoms. The first-order valence-corrected chi connectivity index (χ1v) is 11.0. The second-order valence-corrected chi connectivity index (χ2v) is 8.82. The van der Waals surface area contributed by atoms with Gasteiger partial charge in [-0.05, 0) is 48.7 Å². The molecule has 0 unspecified atom stereocenters. The number of carbonyl (C=O) groups is 1. The number of hydrogen-bond donors (Lipinski definition) is 1. The summed E-state index contributed by atoms with van der Waals surface area (Å²) in [5, 5.41) is 2.83. The minimum Gasteiger partial charge on any atom is -0.497 e. The zero-order valence-corrected chi connectivity index (χ0v) is 16.9. The zero-order chi connectivity index (χ0) is 20.0. The van der Waals surface area contributed by atoms with Crippen LogP contribution in [0.15, 0.2) is 53.4 Å². The van der Waals surface area contributed by atoms with E-state index in [1.807, 2.05) is 24.3 Å². The molecule has 1 aliphatic rings. The highest BCUT2D eigenvalue weighted by Gasteiger charge is 2.25. The molecule has 1 N–H and O–H groups in total. The monoisotopic (exact) mass is 402 g/mol. The molecule has 1 fully saturated rings. The maximum atomic E-state index is 12.9. The maximum Gasteiger partial charge on any atom is 0.251 e. The highest BCUT2D eigenvalue weighted by Crippen LogP contribution is 2.21. The first-order valence-electron chi connectivity index (χ1n) is 9.52. The predicted molar refractivity (Wildman–Crippen MR) is 108 cm³/mol. The summed E-state index contributed by atoms with van der Waals surface area (Å²) in [5.41, 5.74) is 1.24. The van der Waals surface area contributed by atoms with Gasteiger partial charge in [-0.25, -0.2) is 8.42 Å². The van der Waals surface area contributed by atoms with Crippen molar-refractivity contribution in [1.82, 2.24) is 9.62 Å². The Hall–Kier alpha value is -2.38. The van der Waals surface area contributed by atoms with Gasteiger partial charge in [-0.3, -0.25) is 4.79 Å². The van der Waals surface area contributed by atoms with E-state index in [0.717, 1.165) is 37.0 Å². The number of rotatable bonds is 6. The number of amides is 1. The average Bonchev–Trinajstić information content (AvgIpc) is 3.02. The SMILES string of the molecule is COc1cccc(CNC(=O)c2cccc(S(=O)(=O)N3CCCCCC3)c2)c1. The molecule has 0 atom stereocenters. The topological polar surface area (TPSA) is 75.7 Å². The van der Waals surface area contributed by atoms with Crippen molar-refractivity contribution < 1.29 is 17.9 Å². The summed E-state index contributed by atoms with van der Waals surface area (Å²) in [6.07, 6.45) is 3.86. The van der Waals surface area contributed by atoms with E-state index >= 15 is 0 Å². The molecule has 2 aromatic carbocycles. The van der Waals surface area contributed by atoms with Crippen LogP contribution in [0, 0.1) is 0 Å². The molecular weight excluding hydrogens is 376 g/mol. The molecule has 0 bridgehead atoms. The third kappa shape index (κ3) is 4.91.